The van der Waals surface area contributed by atoms with Gasteiger partial charge in [-0.1, -0.05) is 35.0 Å². The van der Waals surface area contributed by atoms with Crippen LogP contribution in [-0.2, 0) is 0 Å². The lowest BCUT2D eigenvalue weighted by atomic mass is 10.1. The van der Waals surface area contributed by atoms with Gasteiger partial charge in [0.1, 0.15) is 5.82 Å². The molecule has 1 aliphatic heterocycles. The lowest BCUT2D eigenvalue weighted by Crippen LogP contribution is -2.26. The number of carbonyl (C=O) groups is 1. The Morgan fingerprint density at radius 1 is 1.22 bits per heavy atom. The largest absolute Gasteiger partial charge is 0.334 e. The summed E-state index contributed by atoms with van der Waals surface area (Å²) in [6.07, 6.45) is 1.67. The fourth-order valence-electron chi connectivity index (χ4n) is 2.75. The fourth-order valence-corrected chi connectivity index (χ4v) is 3.75. The molecule has 0 bridgehead atoms. The van der Waals surface area contributed by atoms with E-state index in [2.05, 4.69) is 10.1 Å². The third-order valence-corrected chi connectivity index (χ3v) is 5.20. The van der Waals surface area contributed by atoms with Crippen LogP contribution in [0.25, 0.3) is 17.5 Å². The van der Waals surface area contributed by atoms with Crippen molar-refractivity contribution in [1.82, 2.24) is 15.0 Å². The first kappa shape index (κ1) is 17.5. The smallest absolute Gasteiger partial charge is 0.258 e. The molecular formula is C20H16FN3O2S. The molecule has 3 aromatic rings. The van der Waals surface area contributed by atoms with Crippen LogP contribution in [0.15, 0.2) is 58.1 Å². The highest BCUT2D eigenvalue weighted by Gasteiger charge is 2.26. The van der Waals surface area contributed by atoms with Gasteiger partial charge in [0.15, 0.2) is 0 Å². The van der Waals surface area contributed by atoms with E-state index in [-0.39, 0.29) is 23.2 Å². The molecule has 1 fully saturated rings. The second-order valence-corrected chi connectivity index (χ2v) is 7.21. The molecule has 1 amide bonds. The molecule has 4 rings (SSSR count). The van der Waals surface area contributed by atoms with E-state index >= 15 is 0 Å². The van der Waals surface area contributed by atoms with Gasteiger partial charge in [0.05, 0.1) is 10.6 Å². The maximum atomic E-state index is 13.9. The van der Waals surface area contributed by atoms with Crippen LogP contribution in [0.1, 0.15) is 21.8 Å². The Hall–Kier alpha value is -2.93. The number of hydrogen-bond acceptors (Lipinski definition) is 5. The Labute approximate surface area is 159 Å². The predicted molar refractivity (Wildman–Crippen MR) is 102 cm³/mol. The van der Waals surface area contributed by atoms with Gasteiger partial charge in [0.25, 0.3) is 11.8 Å². The Morgan fingerprint density at radius 3 is 2.78 bits per heavy atom. The van der Waals surface area contributed by atoms with Gasteiger partial charge in [-0.3, -0.25) is 4.79 Å². The van der Waals surface area contributed by atoms with E-state index in [0.29, 0.717) is 12.1 Å². The third kappa shape index (κ3) is 3.64. The third-order valence-electron chi connectivity index (χ3n) is 4.18. The molecule has 1 saturated heterocycles. The molecule has 0 N–H and O–H groups in total. The van der Waals surface area contributed by atoms with Crippen LogP contribution in [0, 0.1) is 12.7 Å². The zero-order chi connectivity index (χ0) is 18.8. The number of aromatic nitrogens is 2. The topological polar surface area (TPSA) is 59.2 Å². The number of halogens is 1. The van der Waals surface area contributed by atoms with Crippen LogP contribution < -0.4 is 0 Å². The van der Waals surface area contributed by atoms with Crippen molar-refractivity contribution < 1.29 is 13.7 Å². The van der Waals surface area contributed by atoms with Crippen molar-refractivity contribution in [2.45, 2.75) is 6.92 Å². The minimum atomic E-state index is -0.413. The summed E-state index contributed by atoms with van der Waals surface area (Å²) in [6.45, 7) is 2.59. The number of aryl methyl sites for hydroxylation is 1. The Balaban J connectivity index is 1.59. The van der Waals surface area contributed by atoms with Crippen molar-refractivity contribution in [1.29, 1.82) is 0 Å². The SMILES string of the molecule is Cc1ccc(C(=O)N2CCS/C2=C/c2nc(-c3ccccc3F)no2)cc1. The molecule has 2 heterocycles. The van der Waals surface area contributed by atoms with Crippen LogP contribution >= 0.6 is 11.8 Å². The summed E-state index contributed by atoms with van der Waals surface area (Å²) in [6, 6.07) is 13.7. The molecule has 0 spiro atoms. The van der Waals surface area contributed by atoms with Gasteiger partial charge in [0.2, 0.25) is 5.82 Å². The van der Waals surface area contributed by atoms with E-state index in [1.165, 1.54) is 6.07 Å². The molecule has 5 nitrogen and oxygen atoms in total. The van der Waals surface area contributed by atoms with E-state index in [1.54, 1.807) is 40.9 Å². The highest BCUT2D eigenvalue weighted by Crippen LogP contribution is 2.31. The van der Waals surface area contributed by atoms with Crippen molar-refractivity contribution in [3.05, 3.63) is 76.4 Å². The molecule has 136 valence electrons. The van der Waals surface area contributed by atoms with Crippen LogP contribution in [-0.4, -0.2) is 33.2 Å². The number of amides is 1. The van der Waals surface area contributed by atoms with Crippen LogP contribution in [0.5, 0.6) is 0 Å². The number of thioether (sulfide) groups is 1. The predicted octanol–water partition coefficient (Wildman–Crippen LogP) is 4.37. The number of benzene rings is 2. The standard InChI is InChI=1S/C20H16FN3O2S/c1-13-6-8-14(9-7-13)20(25)24-10-11-27-18(24)12-17-22-19(23-26-17)15-4-2-3-5-16(15)21/h2-9,12H,10-11H2,1H3/b18-12+. The van der Waals surface area contributed by atoms with Gasteiger partial charge in [-0.15, -0.1) is 11.8 Å². The number of carbonyl (C=O) groups excluding carboxylic acids is 1. The molecule has 1 aromatic heterocycles. The first-order valence-corrected chi connectivity index (χ1v) is 9.42. The molecule has 0 unspecified atom stereocenters. The summed E-state index contributed by atoms with van der Waals surface area (Å²) >= 11 is 1.54. The first-order chi connectivity index (χ1) is 13.1. The van der Waals surface area contributed by atoms with Gasteiger partial charge >= 0.3 is 0 Å². The van der Waals surface area contributed by atoms with Crippen molar-refractivity contribution in [3.63, 3.8) is 0 Å². The quantitative estimate of drug-likeness (QED) is 0.674. The molecule has 1 aliphatic rings. The van der Waals surface area contributed by atoms with Crippen molar-refractivity contribution in [2.75, 3.05) is 12.3 Å². The first-order valence-electron chi connectivity index (χ1n) is 8.43. The van der Waals surface area contributed by atoms with E-state index in [9.17, 15) is 9.18 Å². The molecule has 2 aromatic carbocycles. The van der Waals surface area contributed by atoms with Crippen molar-refractivity contribution in [3.8, 4) is 11.4 Å². The van der Waals surface area contributed by atoms with Crippen molar-refractivity contribution >= 4 is 23.7 Å². The van der Waals surface area contributed by atoms with E-state index in [1.807, 2.05) is 31.2 Å². The maximum Gasteiger partial charge on any atom is 0.258 e. The minimum absolute atomic E-state index is 0.0694. The zero-order valence-corrected chi connectivity index (χ0v) is 15.4. The molecular weight excluding hydrogens is 365 g/mol. The summed E-state index contributed by atoms with van der Waals surface area (Å²) in [7, 11) is 0. The average Bonchev–Trinajstić information content (AvgIpc) is 3.32. The molecule has 27 heavy (non-hydrogen) atoms. The van der Waals surface area contributed by atoms with Gasteiger partial charge < -0.3 is 9.42 Å². The van der Waals surface area contributed by atoms with Crippen LogP contribution in [0.4, 0.5) is 4.39 Å². The Bertz CT molecular complexity index is 1010. The summed E-state index contributed by atoms with van der Waals surface area (Å²) in [5.74, 6) is 0.723. The van der Waals surface area contributed by atoms with Gasteiger partial charge in [0, 0.05) is 23.9 Å². The minimum Gasteiger partial charge on any atom is -0.334 e. The van der Waals surface area contributed by atoms with Crippen molar-refractivity contribution in [2.24, 2.45) is 0 Å². The normalized spacial score (nSPS) is 15.5. The number of rotatable bonds is 3. The lowest BCUT2D eigenvalue weighted by molar-refractivity contribution is 0.0831. The van der Waals surface area contributed by atoms with E-state index in [0.717, 1.165) is 16.3 Å². The van der Waals surface area contributed by atoms with Crippen LogP contribution in [0.3, 0.4) is 0 Å². The number of nitrogens with zero attached hydrogens (tertiary/aromatic N) is 3. The van der Waals surface area contributed by atoms with Gasteiger partial charge in [-0.05, 0) is 31.2 Å². The maximum absolute atomic E-state index is 13.9. The fraction of sp³-hybridized carbons (Fsp3) is 0.150. The van der Waals surface area contributed by atoms with E-state index in [4.69, 9.17) is 4.52 Å². The highest BCUT2D eigenvalue weighted by atomic mass is 32.2. The van der Waals surface area contributed by atoms with Crippen LogP contribution in [0.2, 0.25) is 0 Å². The summed E-state index contributed by atoms with van der Waals surface area (Å²) in [4.78, 5) is 18.7. The summed E-state index contributed by atoms with van der Waals surface area (Å²) < 4.78 is 19.1. The molecule has 7 heteroatoms. The molecule has 0 aliphatic carbocycles. The lowest BCUT2D eigenvalue weighted by Gasteiger charge is -2.16. The van der Waals surface area contributed by atoms with Gasteiger partial charge in [-0.25, -0.2) is 4.39 Å². The monoisotopic (exact) mass is 381 g/mol. The average molecular weight is 381 g/mol. The molecule has 0 radical (unpaired) electrons. The number of hydrogen-bond donors (Lipinski definition) is 0. The Kier molecular flexibility index (Phi) is 4.77. The van der Waals surface area contributed by atoms with Gasteiger partial charge in [-0.2, -0.15) is 4.98 Å². The summed E-state index contributed by atoms with van der Waals surface area (Å²) in [5.41, 5.74) is 2.01. The Morgan fingerprint density at radius 2 is 2.00 bits per heavy atom. The van der Waals surface area contributed by atoms with E-state index < -0.39 is 5.82 Å². The molecule has 0 atom stereocenters. The zero-order valence-electron chi connectivity index (χ0n) is 14.6. The molecule has 0 saturated carbocycles. The second kappa shape index (κ2) is 7.36. The highest BCUT2D eigenvalue weighted by molar-refractivity contribution is 8.03. The second-order valence-electron chi connectivity index (χ2n) is 6.09. The summed E-state index contributed by atoms with van der Waals surface area (Å²) in [5, 5.41) is 4.58.